The van der Waals surface area contributed by atoms with Crippen molar-refractivity contribution in [2.45, 2.75) is 27.7 Å². The molecule has 2 rings (SSSR count). The number of esters is 3. The van der Waals surface area contributed by atoms with E-state index in [2.05, 4.69) is 13.2 Å². The molecule has 0 spiro atoms. The van der Waals surface area contributed by atoms with E-state index >= 15 is 0 Å². The van der Waals surface area contributed by atoms with Crippen LogP contribution >= 0.6 is 0 Å². The summed E-state index contributed by atoms with van der Waals surface area (Å²) in [6.07, 6.45) is 0. The molecule has 8 nitrogen and oxygen atoms in total. The Morgan fingerprint density at radius 3 is 1.72 bits per heavy atom. The summed E-state index contributed by atoms with van der Waals surface area (Å²) in [6, 6.07) is 12.4. The van der Waals surface area contributed by atoms with E-state index < -0.39 is 11.9 Å². The van der Waals surface area contributed by atoms with Crippen molar-refractivity contribution in [2.75, 3.05) is 26.4 Å². The van der Waals surface area contributed by atoms with Crippen LogP contribution < -0.4 is 14.2 Å². The van der Waals surface area contributed by atoms with Crippen molar-refractivity contribution in [2.24, 2.45) is 5.92 Å². The highest BCUT2D eigenvalue weighted by Gasteiger charge is 2.12. The molecule has 8 heteroatoms. The van der Waals surface area contributed by atoms with E-state index in [4.69, 9.17) is 23.7 Å². The smallest absolute Gasteiger partial charge is 0.333 e. The Labute approximate surface area is 211 Å². The average molecular weight is 497 g/mol. The molecule has 0 aliphatic rings. The fourth-order valence-corrected chi connectivity index (χ4v) is 2.69. The molecule has 0 amide bonds. The summed E-state index contributed by atoms with van der Waals surface area (Å²) in [7, 11) is 0. The maximum Gasteiger partial charge on any atom is 0.333 e. The van der Waals surface area contributed by atoms with Crippen molar-refractivity contribution in [1.29, 1.82) is 0 Å². The number of benzene rings is 2. The molecule has 0 aliphatic heterocycles. The molecule has 0 aliphatic carbocycles. The second-order valence-corrected chi connectivity index (χ2v) is 8.29. The summed E-state index contributed by atoms with van der Waals surface area (Å²) < 4.78 is 27.0. The molecular weight excluding hydrogens is 464 g/mol. The summed E-state index contributed by atoms with van der Waals surface area (Å²) in [4.78, 5) is 34.9. The molecule has 0 atom stereocenters. The number of hydrogen-bond donors (Lipinski definition) is 0. The van der Waals surface area contributed by atoms with Crippen LogP contribution in [0, 0.1) is 5.92 Å². The summed E-state index contributed by atoms with van der Waals surface area (Å²) in [5.74, 6) is -0.220. The van der Waals surface area contributed by atoms with Gasteiger partial charge in [0.05, 0.1) is 5.92 Å². The van der Waals surface area contributed by atoms with Crippen LogP contribution in [0.15, 0.2) is 66.8 Å². The summed E-state index contributed by atoms with van der Waals surface area (Å²) in [6.45, 7) is 14.0. The molecule has 0 radical (unpaired) electrons. The predicted octanol–water partition coefficient (Wildman–Crippen LogP) is 4.91. The predicted molar refractivity (Wildman–Crippen MR) is 135 cm³/mol. The molecule has 0 fully saturated rings. The number of carbonyl (C=O) groups excluding carboxylic acids is 3. The van der Waals surface area contributed by atoms with Gasteiger partial charge in [0.2, 0.25) is 0 Å². The second-order valence-electron chi connectivity index (χ2n) is 8.29. The van der Waals surface area contributed by atoms with Gasteiger partial charge < -0.3 is 23.7 Å². The highest BCUT2D eigenvalue weighted by atomic mass is 16.6. The van der Waals surface area contributed by atoms with E-state index in [0.717, 1.165) is 11.1 Å². The molecule has 192 valence electrons. The molecular formula is C28H32O8. The van der Waals surface area contributed by atoms with Gasteiger partial charge in [0.1, 0.15) is 32.2 Å². The van der Waals surface area contributed by atoms with Gasteiger partial charge in [-0.15, -0.1) is 0 Å². The van der Waals surface area contributed by atoms with Crippen LogP contribution in [-0.4, -0.2) is 44.3 Å². The standard InChI is InChI=1S/C28H32O8/c1-18(2)26(29)34-15-13-32-24-12-9-22(17-25(24)33-14-16-35-27(30)19(3)4)21-7-10-23(11-8-21)36-28(31)20(5)6/h7-12,17,20H,1,3,13-16H2,2,4-6H3. The van der Waals surface area contributed by atoms with Gasteiger partial charge in [-0.3, -0.25) is 4.79 Å². The van der Waals surface area contributed by atoms with Gasteiger partial charge in [-0.2, -0.15) is 0 Å². The van der Waals surface area contributed by atoms with E-state index in [9.17, 15) is 14.4 Å². The average Bonchev–Trinajstić information content (AvgIpc) is 2.84. The van der Waals surface area contributed by atoms with Crippen LogP contribution in [0.2, 0.25) is 0 Å². The molecule has 36 heavy (non-hydrogen) atoms. The van der Waals surface area contributed by atoms with Crippen molar-refractivity contribution in [1.82, 2.24) is 0 Å². The number of ether oxygens (including phenoxy) is 5. The highest BCUT2D eigenvalue weighted by molar-refractivity contribution is 5.87. The van der Waals surface area contributed by atoms with Crippen molar-refractivity contribution in [3.8, 4) is 28.4 Å². The largest absolute Gasteiger partial charge is 0.486 e. The summed E-state index contributed by atoms with van der Waals surface area (Å²) >= 11 is 0. The first-order valence-corrected chi connectivity index (χ1v) is 11.5. The van der Waals surface area contributed by atoms with Crippen LogP contribution in [0.25, 0.3) is 11.1 Å². The maximum absolute atomic E-state index is 11.8. The molecule has 0 bridgehead atoms. The lowest BCUT2D eigenvalue weighted by atomic mass is 10.0. The molecule has 0 saturated carbocycles. The van der Waals surface area contributed by atoms with Gasteiger partial charge >= 0.3 is 17.9 Å². The first-order valence-electron chi connectivity index (χ1n) is 11.5. The van der Waals surface area contributed by atoms with Crippen molar-refractivity contribution >= 4 is 17.9 Å². The SMILES string of the molecule is C=C(C)C(=O)OCCOc1ccc(-c2ccc(OC(=O)C(C)C)cc2)cc1OCCOC(=O)C(=C)C. The highest BCUT2D eigenvalue weighted by Crippen LogP contribution is 2.33. The van der Waals surface area contributed by atoms with Gasteiger partial charge in [0.25, 0.3) is 0 Å². The Morgan fingerprint density at radius 1 is 0.722 bits per heavy atom. The summed E-state index contributed by atoms with van der Waals surface area (Å²) in [5.41, 5.74) is 2.29. The fraction of sp³-hybridized carbons (Fsp3) is 0.321. The summed E-state index contributed by atoms with van der Waals surface area (Å²) in [5, 5.41) is 0. The Hall–Kier alpha value is -4.07. The topological polar surface area (TPSA) is 97.4 Å². The second kappa shape index (κ2) is 13.7. The van der Waals surface area contributed by atoms with Crippen molar-refractivity contribution < 1.29 is 38.1 Å². The van der Waals surface area contributed by atoms with Gasteiger partial charge in [0, 0.05) is 11.1 Å². The fourth-order valence-electron chi connectivity index (χ4n) is 2.69. The number of rotatable bonds is 13. The van der Waals surface area contributed by atoms with Crippen LogP contribution in [0.5, 0.6) is 17.2 Å². The minimum absolute atomic E-state index is 0.0293. The first-order chi connectivity index (χ1) is 17.1. The zero-order valence-corrected chi connectivity index (χ0v) is 21.1. The third-order valence-electron chi connectivity index (χ3n) is 4.67. The van der Waals surface area contributed by atoms with Gasteiger partial charge in [-0.05, 0) is 49.2 Å². The van der Waals surface area contributed by atoms with Gasteiger partial charge in [-0.1, -0.05) is 45.2 Å². The van der Waals surface area contributed by atoms with Gasteiger partial charge in [-0.25, -0.2) is 9.59 Å². The molecule has 0 saturated heterocycles. The van der Waals surface area contributed by atoms with Crippen LogP contribution in [0.4, 0.5) is 0 Å². The number of carbonyl (C=O) groups is 3. The monoisotopic (exact) mass is 496 g/mol. The zero-order valence-electron chi connectivity index (χ0n) is 21.1. The molecule has 2 aromatic carbocycles. The van der Waals surface area contributed by atoms with Crippen LogP contribution in [0.1, 0.15) is 27.7 Å². The Balaban J connectivity index is 2.13. The quantitative estimate of drug-likeness (QED) is 0.167. The van der Waals surface area contributed by atoms with E-state index in [1.165, 1.54) is 0 Å². The van der Waals surface area contributed by atoms with Crippen LogP contribution in [-0.2, 0) is 23.9 Å². The van der Waals surface area contributed by atoms with Crippen LogP contribution in [0.3, 0.4) is 0 Å². The number of hydrogen-bond acceptors (Lipinski definition) is 8. The molecule has 0 aromatic heterocycles. The molecule has 0 N–H and O–H groups in total. The van der Waals surface area contributed by atoms with Gasteiger partial charge in [0.15, 0.2) is 11.5 Å². The molecule has 0 heterocycles. The minimum Gasteiger partial charge on any atom is -0.486 e. The van der Waals surface area contributed by atoms with E-state index in [-0.39, 0.29) is 38.3 Å². The normalized spacial score (nSPS) is 10.4. The van der Waals surface area contributed by atoms with E-state index in [1.54, 1.807) is 52.0 Å². The lowest BCUT2D eigenvalue weighted by Crippen LogP contribution is -2.14. The first kappa shape index (κ1) is 28.2. The van der Waals surface area contributed by atoms with E-state index in [1.807, 2.05) is 18.2 Å². The maximum atomic E-state index is 11.8. The minimum atomic E-state index is -0.499. The lowest BCUT2D eigenvalue weighted by molar-refractivity contribution is -0.140. The molecule has 0 unspecified atom stereocenters. The Kier molecular flexibility index (Phi) is 10.7. The van der Waals surface area contributed by atoms with Crippen molar-refractivity contribution in [3.63, 3.8) is 0 Å². The lowest BCUT2D eigenvalue weighted by Gasteiger charge is -2.15. The third-order valence-corrected chi connectivity index (χ3v) is 4.67. The Morgan fingerprint density at radius 2 is 1.22 bits per heavy atom. The molecule has 2 aromatic rings. The Bertz CT molecular complexity index is 1100. The third kappa shape index (κ3) is 8.94. The van der Waals surface area contributed by atoms with E-state index in [0.29, 0.717) is 28.4 Å². The van der Waals surface area contributed by atoms with Crippen molar-refractivity contribution in [3.05, 3.63) is 66.8 Å². The zero-order chi connectivity index (χ0) is 26.7.